The van der Waals surface area contributed by atoms with Crippen LogP contribution in [0.25, 0.3) is 0 Å². The first kappa shape index (κ1) is 20.0. The Labute approximate surface area is 161 Å². The van der Waals surface area contributed by atoms with E-state index in [9.17, 15) is 4.79 Å². The zero-order chi connectivity index (χ0) is 19.3. The lowest BCUT2D eigenvalue weighted by molar-refractivity contribution is -0.143. The molecule has 0 aromatic heterocycles. The van der Waals surface area contributed by atoms with E-state index >= 15 is 0 Å². The van der Waals surface area contributed by atoms with Crippen LogP contribution >= 0.6 is 0 Å². The zero-order valence-electron chi connectivity index (χ0n) is 16.6. The molecule has 27 heavy (non-hydrogen) atoms. The average molecular weight is 377 g/mol. The van der Waals surface area contributed by atoms with E-state index in [0.29, 0.717) is 19.6 Å². The fourth-order valence-corrected chi connectivity index (χ4v) is 3.64. The van der Waals surface area contributed by atoms with Gasteiger partial charge in [-0.2, -0.15) is 0 Å². The van der Waals surface area contributed by atoms with Crippen LogP contribution in [0.2, 0.25) is 0 Å². The largest absolute Gasteiger partial charge is 0.493 e. The summed E-state index contributed by atoms with van der Waals surface area (Å²) in [4.78, 5) is 12.1. The van der Waals surface area contributed by atoms with E-state index in [0.717, 1.165) is 36.3 Å². The molecule has 1 aliphatic heterocycles. The molecule has 1 amide bonds. The highest BCUT2D eigenvalue weighted by molar-refractivity contribution is 5.76. The lowest BCUT2D eigenvalue weighted by Crippen LogP contribution is -2.30. The molecule has 2 aliphatic rings. The predicted octanol–water partition coefficient (Wildman–Crippen LogP) is 3.22. The van der Waals surface area contributed by atoms with Gasteiger partial charge in [0.25, 0.3) is 0 Å². The molecular formula is C21H31NO5. The van der Waals surface area contributed by atoms with E-state index in [1.807, 2.05) is 32.0 Å². The van der Waals surface area contributed by atoms with Crippen molar-refractivity contribution in [2.75, 3.05) is 20.3 Å². The molecule has 150 valence electrons. The maximum absolute atomic E-state index is 12.1. The van der Waals surface area contributed by atoms with Gasteiger partial charge in [0.15, 0.2) is 17.3 Å². The van der Waals surface area contributed by atoms with Crippen LogP contribution in [0.4, 0.5) is 0 Å². The zero-order valence-corrected chi connectivity index (χ0v) is 16.6. The van der Waals surface area contributed by atoms with E-state index in [-0.39, 0.29) is 18.1 Å². The number of carbonyl (C=O) groups excluding carboxylic acids is 1. The summed E-state index contributed by atoms with van der Waals surface area (Å²) < 4.78 is 22.7. The van der Waals surface area contributed by atoms with Crippen molar-refractivity contribution in [1.29, 1.82) is 0 Å². The Morgan fingerprint density at radius 3 is 2.70 bits per heavy atom. The second kappa shape index (κ2) is 8.93. The number of nitrogens with one attached hydrogen (secondary N) is 1. The van der Waals surface area contributed by atoms with Gasteiger partial charge in [0, 0.05) is 6.54 Å². The van der Waals surface area contributed by atoms with E-state index in [2.05, 4.69) is 5.32 Å². The number of carbonyl (C=O) groups is 1. The first-order chi connectivity index (χ1) is 12.9. The second-order valence-electron chi connectivity index (χ2n) is 7.76. The van der Waals surface area contributed by atoms with Gasteiger partial charge in [-0.05, 0) is 63.6 Å². The predicted molar refractivity (Wildman–Crippen MR) is 102 cm³/mol. The second-order valence-corrected chi connectivity index (χ2v) is 7.76. The molecular weight excluding hydrogens is 346 g/mol. The summed E-state index contributed by atoms with van der Waals surface area (Å²) in [6.45, 7) is 4.76. The van der Waals surface area contributed by atoms with E-state index in [1.54, 1.807) is 7.11 Å². The highest BCUT2D eigenvalue weighted by Gasteiger charge is 2.33. The Bertz CT molecular complexity index is 639. The van der Waals surface area contributed by atoms with Gasteiger partial charge in [-0.15, -0.1) is 0 Å². The molecule has 1 aliphatic carbocycles. The number of amides is 1. The van der Waals surface area contributed by atoms with Crippen molar-refractivity contribution in [2.45, 2.75) is 70.4 Å². The lowest BCUT2D eigenvalue weighted by Gasteiger charge is -2.17. The van der Waals surface area contributed by atoms with Crippen LogP contribution in [0.3, 0.4) is 0 Å². The van der Waals surface area contributed by atoms with Crippen LogP contribution in [0, 0.1) is 0 Å². The molecule has 3 rings (SSSR count). The minimum absolute atomic E-state index is 0.0164. The van der Waals surface area contributed by atoms with Crippen molar-refractivity contribution in [3.63, 3.8) is 0 Å². The van der Waals surface area contributed by atoms with Crippen molar-refractivity contribution in [3.8, 4) is 11.5 Å². The van der Waals surface area contributed by atoms with Crippen molar-refractivity contribution in [2.24, 2.45) is 0 Å². The normalized spacial score (nSPS) is 22.0. The molecule has 2 fully saturated rings. The molecule has 6 nitrogen and oxygen atoms in total. The molecule has 1 aromatic carbocycles. The highest BCUT2D eigenvalue weighted by Crippen LogP contribution is 2.32. The van der Waals surface area contributed by atoms with Gasteiger partial charge in [0.2, 0.25) is 5.91 Å². The smallest absolute Gasteiger partial charge is 0.222 e. The van der Waals surface area contributed by atoms with E-state index in [4.69, 9.17) is 18.9 Å². The summed E-state index contributed by atoms with van der Waals surface area (Å²) in [7, 11) is 1.66. The third-order valence-corrected chi connectivity index (χ3v) is 5.04. The fourth-order valence-electron chi connectivity index (χ4n) is 3.64. The fraction of sp³-hybridized carbons (Fsp3) is 0.667. The first-order valence-electron chi connectivity index (χ1n) is 9.87. The van der Waals surface area contributed by atoms with E-state index in [1.165, 1.54) is 12.8 Å². The molecule has 1 saturated carbocycles. The molecule has 1 aromatic rings. The summed E-state index contributed by atoms with van der Waals surface area (Å²) in [5.74, 6) is 0.948. The quantitative estimate of drug-likeness (QED) is 0.754. The summed E-state index contributed by atoms with van der Waals surface area (Å²) in [5.41, 5.74) is 1.12. The monoisotopic (exact) mass is 377 g/mol. The van der Waals surface area contributed by atoms with Crippen LogP contribution in [0.1, 0.15) is 51.5 Å². The van der Waals surface area contributed by atoms with Gasteiger partial charge in [0.1, 0.15) is 0 Å². The number of benzene rings is 1. The molecule has 6 heteroatoms. The van der Waals surface area contributed by atoms with Crippen molar-refractivity contribution >= 4 is 5.91 Å². The molecule has 1 N–H and O–H groups in total. The summed E-state index contributed by atoms with van der Waals surface area (Å²) in [6.07, 6.45) is 5.84. The number of rotatable bonds is 8. The number of ether oxygens (including phenoxy) is 4. The number of methoxy groups -OCH3 is 1. The number of hydrogen-bond acceptors (Lipinski definition) is 5. The molecule has 1 saturated heterocycles. The third kappa shape index (κ3) is 5.84. The Hall–Kier alpha value is -1.79. The molecule has 0 bridgehead atoms. The molecule has 0 spiro atoms. The summed E-state index contributed by atoms with van der Waals surface area (Å²) in [5, 5.41) is 2.96. The average Bonchev–Trinajstić information content (AvgIpc) is 3.24. The SMILES string of the molecule is COc1ccc(CCNC(=O)C[C@@H]2COC(C)(C)O2)cc1OC1CCCC1. The molecule has 1 atom stereocenters. The van der Waals surface area contributed by atoms with Gasteiger partial charge in [-0.25, -0.2) is 0 Å². The van der Waals surface area contributed by atoms with Crippen LogP contribution < -0.4 is 14.8 Å². The Balaban J connectivity index is 1.46. The van der Waals surface area contributed by atoms with Crippen LogP contribution in [-0.4, -0.2) is 44.2 Å². The van der Waals surface area contributed by atoms with E-state index < -0.39 is 5.79 Å². The van der Waals surface area contributed by atoms with Crippen LogP contribution in [0.5, 0.6) is 11.5 Å². The summed E-state index contributed by atoms with van der Waals surface area (Å²) in [6, 6.07) is 5.98. The highest BCUT2D eigenvalue weighted by atomic mass is 16.7. The van der Waals surface area contributed by atoms with Gasteiger partial charge in [0.05, 0.1) is 32.3 Å². The Morgan fingerprint density at radius 2 is 2.04 bits per heavy atom. The topological polar surface area (TPSA) is 66.0 Å². The van der Waals surface area contributed by atoms with Crippen molar-refractivity contribution in [1.82, 2.24) is 5.32 Å². The Kier molecular flexibility index (Phi) is 6.60. The maximum atomic E-state index is 12.1. The maximum Gasteiger partial charge on any atom is 0.222 e. The molecule has 1 heterocycles. The van der Waals surface area contributed by atoms with Crippen molar-refractivity contribution in [3.05, 3.63) is 23.8 Å². The Morgan fingerprint density at radius 1 is 1.26 bits per heavy atom. The number of hydrogen-bond donors (Lipinski definition) is 1. The van der Waals surface area contributed by atoms with Gasteiger partial charge >= 0.3 is 0 Å². The first-order valence-corrected chi connectivity index (χ1v) is 9.87. The summed E-state index contributed by atoms with van der Waals surface area (Å²) >= 11 is 0. The van der Waals surface area contributed by atoms with Gasteiger partial charge in [-0.1, -0.05) is 6.07 Å². The minimum atomic E-state index is -0.593. The van der Waals surface area contributed by atoms with Gasteiger partial charge in [-0.3, -0.25) is 4.79 Å². The van der Waals surface area contributed by atoms with Gasteiger partial charge < -0.3 is 24.3 Å². The molecule has 0 radical (unpaired) electrons. The van der Waals surface area contributed by atoms with Crippen LogP contribution in [-0.2, 0) is 20.7 Å². The van der Waals surface area contributed by atoms with Crippen molar-refractivity contribution < 1.29 is 23.7 Å². The van der Waals surface area contributed by atoms with Crippen LogP contribution in [0.15, 0.2) is 18.2 Å². The standard InChI is InChI=1S/C21H31NO5/c1-21(2)25-14-17(27-21)13-20(23)22-11-10-15-8-9-18(24-3)19(12-15)26-16-6-4-5-7-16/h8-9,12,16-17H,4-7,10-11,13-14H2,1-3H3,(H,22,23)/t17-/m1/s1. The lowest BCUT2D eigenvalue weighted by atomic mass is 10.1. The molecule has 0 unspecified atom stereocenters. The third-order valence-electron chi connectivity index (χ3n) is 5.04. The minimum Gasteiger partial charge on any atom is -0.493 e.